The van der Waals surface area contributed by atoms with E-state index in [2.05, 4.69) is 15.6 Å². The monoisotopic (exact) mass is 259 g/mol. The first kappa shape index (κ1) is 13.0. The van der Waals surface area contributed by atoms with E-state index in [1.165, 1.54) is 12.1 Å². The van der Waals surface area contributed by atoms with Crippen molar-refractivity contribution in [2.75, 3.05) is 11.9 Å². The lowest BCUT2D eigenvalue weighted by atomic mass is 10.2. The maximum atomic E-state index is 12.7. The Bertz CT molecular complexity index is 528. The van der Waals surface area contributed by atoms with Crippen LogP contribution in [0.2, 0.25) is 0 Å². The molecule has 0 bridgehead atoms. The summed E-state index contributed by atoms with van der Waals surface area (Å²) in [6, 6.07) is 9.55. The molecule has 0 saturated heterocycles. The van der Waals surface area contributed by atoms with E-state index in [-0.39, 0.29) is 18.3 Å². The zero-order valence-corrected chi connectivity index (χ0v) is 10.3. The number of pyridine rings is 1. The van der Waals surface area contributed by atoms with Crippen LogP contribution in [0.3, 0.4) is 0 Å². The van der Waals surface area contributed by atoms with Crippen LogP contribution in [0.5, 0.6) is 0 Å². The van der Waals surface area contributed by atoms with Gasteiger partial charge in [0.05, 0.1) is 6.54 Å². The number of hydrogen-bond acceptors (Lipinski definition) is 3. The van der Waals surface area contributed by atoms with Crippen LogP contribution in [0.15, 0.2) is 48.8 Å². The molecule has 0 atom stereocenters. The van der Waals surface area contributed by atoms with Crippen molar-refractivity contribution in [2.24, 2.45) is 0 Å². The van der Waals surface area contributed by atoms with Crippen LogP contribution in [0.1, 0.15) is 5.56 Å². The summed E-state index contributed by atoms with van der Waals surface area (Å²) in [6.45, 7) is 0.614. The molecular formula is C14H14FN3O. The van der Waals surface area contributed by atoms with Crippen molar-refractivity contribution in [3.63, 3.8) is 0 Å². The Labute approximate surface area is 110 Å². The number of rotatable bonds is 5. The number of nitrogens with one attached hydrogen (secondary N) is 2. The standard InChI is InChI=1S/C14H14FN3O/c15-12-1-3-13(4-2-12)17-10-14(19)18-9-11-5-7-16-8-6-11/h1-8,17H,9-10H2,(H,18,19). The molecular weight excluding hydrogens is 245 g/mol. The van der Waals surface area contributed by atoms with Gasteiger partial charge in [-0.2, -0.15) is 0 Å². The third-order valence-corrected chi connectivity index (χ3v) is 2.54. The highest BCUT2D eigenvalue weighted by atomic mass is 19.1. The average molecular weight is 259 g/mol. The predicted octanol–water partition coefficient (Wildman–Crippen LogP) is 1.95. The molecule has 2 N–H and O–H groups in total. The molecule has 0 unspecified atom stereocenters. The summed E-state index contributed by atoms with van der Waals surface area (Å²) in [6.07, 6.45) is 3.36. The summed E-state index contributed by atoms with van der Waals surface area (Å²) in [5, 5.41) is 5.69. The SMILES string of the molecule is O=C(CNc1ccc(F)cc1)NCc1ccncc1. The van der Waals surface area contributed by atoms with Gasteiger partial charge in [-0.3, -0.25) is 9.78 Å². The smallest absolute Gasteiger partial charge is 0.239 e. The Balaban J connectivity index is 1.74. The molecule has 2 aromatic rings. The van der Waals surface area contributed by atoms with Crippen LogP contribution >= 0.6 is 0 Å². The lowest BCUT2D eigenvalue weighted by molar-refractivity contribution is -0.119. The molecule has 0 spiro atoms. The Hall–Kier alpha value is -2.43. The summed E-state index contributed by atoms with van der Waals surface area (Å²) in [5.41, 5.74) is 1.70. The second kappa shape index (κ2) is 6.49. The maximum Gasteiger partial charge on any atom is 0.239 e. The van der Waals surface area contributed by atoms with Crippen molar-refractivity contribution in [3.8, 4) is 0 Å². The summed E-state index contributed by atoms with van der Waals surface area (Å²) in [7, 11) is 0. The highest BCUT2D eigenvalue weighted by molar-refractivity contribution is 5.80. The number of carbonyl (C=O) groups is 1. The van der Waals surface area contributed by atoms with E-state index in [0.29, 0.717) is 12.2 Å². The molecule has 1 heterocycles. The Kier molecular flexibility index (Phi) is 4.44. The molecule has 19 heavy (non-hydrogen) atoms. The van der Waals surface area contributed by atoms with Gasteiger partial charge in [0.25, 0.3) is 0 Å². The zero-order valence-electron chi connectivity index (χ0n) is 10.3. The fourth-order valence-electron chi connectivity index (χ4n) is 1.51. The van der Waals surface area contributed by atoms with E-state index in [0.717, 1.165) is 5.56 Å². The van der Waals surface area contributed by atoms with Gasteiger partial charge in [-0.15, -0.1) is 0 Å². The number of halogens is 1. The largest absolute Gasteiger partial charge is 0.376 e. The van der Waals surface area contributed by atoms with E-state index >= 15 is 0 Å². The molecule has 0 aliphatic rings. The van der Waals surface area contributed by atoms with Gasteiger partial charge in [0.15, 0.2) is 0 Å². The lowest BCUT2D eigenvalue weighted by Crippen LogP contribution is -2.29. The van der Waals surface area contributed by atoms with Gasteiger partial charge < -0.3 is 10.6 Å². The fourth-order valence-corrected chi connectivity index (χ4v) is 1.51. The van der Waals surface area contributed by atoms with E-state index in [4.69, 9.17) is 0 Å². The van der Waals surface area contributed by atoms with Gasteiger partial charge in [0.1, 0.15) is 5.82 Å². The Morgan fingerprint density at radius 2 is 1.79 bits per heavy atom. The molecule has 2 rings (SSSR count). The first-order valence-electron chi connectivity index (χ1n) is 5.89. The van der Waals surface area contributed by atoms with Gasteiger partial charge in [0.2, 0.25) is 5.91 Å². The van der Waals surface area contributed by atoms with Gasteiger partial charge in [-0.05, 0) is 42.0 Å². The molecule has 98 valence electrons. The third-order valence-electron chi connectivity index (χ3n) is 2.54. The first-order valence-corrected chi connectivity index (χ1v) is 5.89. The fraction of sp³-hybridized carbons (Fsp3) is 0.143. The highest BCUT2D eigenvalue weighted by Crippen LogP contribution is 2.07. The van der Waals surface area contributed by atoms with E-state index < -0.39 is 0 Å². The van der Waals surface area contributed by atoms with E-state index in [9.17, 15) is 9.18 Å². The van der Waals surface area contributed by atoms with Crippen LogP contribution < -0.4 is 10.6 Å². The van der Waals surface area contributed by atoms with Crippen LogP contribution in [-0.4, -0.2) is 17.4 Å². The quantitative estimate of drug-likeness (QED) is 0.863. The topological polar surface area (TPSA) is 54.0 Å². The molecule has 0 aliphatic carbocycles. The molecule has 5 heteroatoms. The molecule has 0 fully saturated rings. The molecule has 1 aromatic carbocycles. The molecule has 0 saturated carbocycles. The van der Waals surface area contributed by atoms with Gasteiger partial charge in [-0.1, -0.05) is 0 Å². The third kappa shape index (κ3) is 4.39. The summed E-state index contributed by atoms with van der Waals surface area (Å²) >= 11 is 0. The van der Waals surface area contributed by atoms with E-state index in [1.54, 1.807) is 24.5 Å². The highest BCUT2D eigenvalue weighted by Gasteiger charge is 2.01. The summed E-state index contributed by atoms with van der Waals surface area (Å²) in [5.74, 6) is -0.422. The maximum absolute atomic E-state index is 12.7. The number of nitrogens with zero attached hydrogens (tertiary/aromatic N) is 1. The van der Waals surface area contributed by atoms with Crippen molar-refractivity contribution in [1.82, 2.24) is 10.3 Å². The van der Waals surface area contributed by atoms with E-state index in [1.807, 2.05) is 12.1 Å². The van der Waals surface area contributed by atoms with Gasteiger partial charge in [0, 0.05) is 24.6 Å². The molecule has 1 amide bonds. The minimum Gasteiger partial charge on any atom is -0.376 e. The van der Waals surface area contributed by atoms with Crippen LogP contribution in [0.25, 0.3) is 0 Å². The van der Waals surface area contributed by atoms with Crippen molar-refractivity contribution < 1.29 is 9.18 Å². The molecule has 0 radical (unpaired) electrons. The summed E-state index contributed by atoms with van der Waals surface area (Å²) < 4.78 is 12.7. The van der Waals surface area contributed by atoms with Gasteiger partial charge >= 0.3 is 0 Å². The molecule has 4 nitrogen and oxygen atoms in total. The van der Waals surface area contributed by atoms with Crippen molar-refractivity contribution in [1.29, 1.82) is 0 Å². The van der Waals surface area contributed by atoms with Crippen LogP contribution in [-0.2, 0) is 11.3 Å². The zero-order chi connectivity index (χ0) is 13.5. The molecule has 0 aliphatic heterocycles. The molecule has 1 aromatic heterocycles. The first-order chi connectivity index (χ1) is 9.24. The number of carbonyl (C=O) groups excluding carboxylic acids is 1. The van der Waals surface area contributed by atoms with Crippen molar-refractivity contribution in [3.05, 3.63) is 60.2 Å². The summed E-state index contributed by atoms with van der Waals surface area (Å²) in [4.78, 5) is 15.5. The number of anilines is 1. The normalized spacial score (nSPS) is 9.95. The Morgan fingerprint density at radius 3 is 2.47 bits per heavy atom. The van der Waals surface area contributed by atoms with Crippen molar-refractivity contribution >= 4 is 11.6 Å². The van der Waals surface area contributed by atoms with Crippen LogP contribution in [0.4, 0.5) is 10.1 Å². The number of benzene rings is 1. The van der Waals surface area contributed by atoms with Gasteiger partial charge in [-0.25, -0.2) is 4.39 Å². The Morgan fingerprint density at radius 1 is 1.11 bits per heavy atom. The second-order valence-corrected chi connectivity index (χ2v) is 3.99. The lowest BCUT2D eigenvalue weighted by Gasteiger charge is -2.07. The minimum absolute atomic E-state index is 0.124. The number of amides is 1. The predicted molar refractivity (Wildman–Crippen MR) is 71.0 cm³/mol. The number of aromatic nitrogens is 1. The minimum atomic E-state index is -0.298. The second-order valence-electron chi connectivity index (χ2n) is 3.99. The number of hydrogen-bond donors (Lipinski definition) is 2. The average Bonchev–Trinajstić information content (AvgIpc) is 2.45. The van der Waals surface area contributed by atoms with Crippen molar-refractivity contribution in [2.45, 2.75) is 6.54 Å². The van der Waals surface area contributed by atoms with Crippen LogP contribution in [0, 0.1) is 5.82 Å².